The number of anilines is 1. The zero-order valence-electron chi connectivity index (χ0n) is 10.4. The van der Waals surface area contributed by atoms with E-state index >= 15 is 0 Å². The number of ether oxygens (including phenoxy) is 1. The molecule has 0 radical (unpaired) electrons. The van der Waals surface area contributed by atoms with E-state index in [9.17, 15) is 4.79 Å². The monoisotopic (exact) mass is 233 g/mol. The molecular weight excluding hydrogens is 214 g/mol. The van der Waals surface area contributed by atoms with Gasteiger partial charge in [-0.1, -0.05) is 19.1 Å². The minimum absolute atomic E-state index is 0.160. The van der Waals surface area contributed by atoms with E-state index in [1.54, 1.807) is 0 Å². The molecule has 0 spiro atoms. The molecule has 0 bridgehead atoms. The molecule has 0 aromatic heterocycles. The summed E-state index contributed by atoms with van der Waals surface area (Å²) in [6, 6.07) is 8.04. The van der Waals surface area contributed by atoms with E-state index in [2.05, 4.69) is 24.4 Å². The van der Waals surface area contributed by atoms with Crippen molar-refractivity contribution in [3.05, 3.63) is 29.8 Å². The fraction of sp³-hybridized carbons (Fsp3) is 0.500. The van der Waals surface area contributed by atoms with E-state index in [-0.39, 0.29) is 12.0 Å². The van der Waals surface area contributed by atoms with Crippen LogP contribution in [0.15, 0.2) is 24.3 Å². The van der Waals surface area contributed by atoms with Gasteiger partial charge in [0.2, 0.25) is 0 Å². The second-order valence-corrected chi connectivity index (χ2v) is 4.53. The van der Waals surface area contributed by atoms with Gasteiger partial charge in [-0.3, -0.25) is 0 Å². The molecule has 1 aromatic rings. The van der Waals surface area contributed by atoms with Crippen molar-refractivity contribution in [2.24, 2.45) is 5.92 Å². The molecule has 1 N–H and O–H groups in total. The number of carbonyl (C=O) groups is 1. The van der Waals surface area contributed by atoms with Crippen molar-refractivity contribution < 1.29 is 9.53 Å². The van der Waals surface area contributed by atoms with Gasteiger partial charge < -0.3 is 10.1 Å². The minimum Gasteiger partial charge on any atom is -0.467 e. The first-order valence-electron chi connectivity index (χ1n) is 6.18. The molecule has 0 saturated heterocycles. The van der Waals surface area contributed by atoms with Crippen LogP contribution in [0.5, 0.6) is 0 Å². The number of esters is 1. The third-order valence-electron chi connectivity index (χ3n) is 3.23. The van der Waals surface area contributed by atoms with Crippen LogP contribution in [0.4, 0.5) is 5.69 Å². The van der Waals surface area contributed by atoms with Crippen molar-refractivity contribution in [1.29, 1.82) is 0 Å². The maximum Gasteiger partial charge on any atom is 0.328 e. The summed E-state index contributed by atoms with van der Waals surface area (Å²) in [6.45, 7) is 2.13. The molecule has 3 heteroatoms. The van der Waals surface area contributed by atoms with E-state index < -0.39 is 0 Å². The minimum atomic E-state index is -0.188. The summed E-state index contributed by atoms with van der Waals surface area (Å²) in [4.78, 5) is 11.6. The molecule has 92 valence electrons. The maximum absolute atomic E-state index is 11.6. The maximum atomic E-state index is 11.6. The predicted molar refractivity (Wildman–Crippen MR) is 68.0 cm³/mol. The molecule has 1 atom stereocenters. The number of nitrogens with one attached hydrogen (secondary N) is 1. The molecule has 0 aliphatic heterocycles. The van der Waals surface area contributed by atoms with Crippen LogP contribution in [0.25, 0.3) is 0 Å². The van der Waals surface area contributed by atoms with Crippen LogP contribution in [0, 0.1) is 5.92 Å². The van der Waals surface area contributed by atoms with E-state index in [1.807, 2.05) is 12.1 Å². The van der Waals surface area contributed by atoms with Crippen LogP contribution in [-0.4, -0.2) is 19.1 Å². The van der Waals surface area contributed by atoms with Crippen LogP contribution in [0.2, 0.25) is 0 Å². The number of carbonyl (C=O) groups excluding carboxylic acids is 1. The topological polar surface area (TPSA) is 38.3 Å². The van der Waals surface area contributed by atoms with Crippen molar-refractivity contribution in [2.75, 3.05) is 12.4 Å². The van der Waals surface area contributed by atoms with E-state index in [0.717, 1.165) is 24.9 Å². The van der Waals surface area contributed by atoms with Crippen molar-refractivity contribution in [3.8, 4) is 0 Å². The Hall–Kier alpha value is -1.51. The van der Waals surface area contributed by atoms with Gasteiger partial charge in [-0.25, -0.2) is 4.79 Å². The average Bonchev–Trinajstić information content (AvgIpc) is 3.20. The molecule has 1 aromatic carbocycles. The first-order chi connectivity index (χ1) is 8.24. The highest BCUT2D eigenvalue weighted by Crippen LogP contribution is 2.34. The van der Waals surface area contributed by atoms with Crippen molar-refractivity contribution >= 4 is 11.7 Å². The Bertz CT molecular complexity index is 382. The summed E-state index contributed by atoms with van der Waals surface area (Å²) in [6.07, 6.45) is 3.25. The van der Waals surface area contributed by atoms with Gasteiger partial charge in [-0.2, -0.15) is 0 Å². The van der Waals surface area contributed by atoms with E-state index in [1.165, 1.54) is 12.7 Å². The van der Waals surface area contributed by atoms with Gasteiger partial charge in [0.15, 0.2) is 0 Å². The van der Waals surface area contributed by atoms with Crippen molar-refractivity contribution in [2.45, 2.75) is 32.2 Å². The summed E-state index contributed by atoms with van der Waals surface area (Å²) >= 11 is 0. The van der Waals surface area contributed by atoms with Crippen molar-refractivity contribution in [1.82, 2.24) is 0 Å². The lowest BCUT2D eigenvalue weighted by Crippen LogP contribution is -2.32. The fourth-order valence-electron chi connectivity index (χ4n) is 1.94. The number of aryl methyl sites for hydroxylation is 1. The molecule has 1 aliphatic carbocycles. The van der Waals surface area contributed by atoms with Crippen LogP contribution >= 0.6 is 0 Å². The smallest absolute Gasteiger partial charge is 0.328 e. The first-order valence-corrected chi connectivity index (χ1v) is 6.18. The van der Waals surface area contributed by atoms with Crippen LogP contribution in [0.1, 0.15) is 25.3 Å². The molecule has 2 rings (SSSR count). The second kappa shape index (κ2) is 5.21. The van der Waals surface area contributed by atoms with Gasteiger partial charge in [0.25, 0.3) is 0 Å². The zero-order chi connectivity index (χ0) is 12.3. The Morgan fingerprint density at radius 2 is 2.06 bits per heavy atom. The highest BCUT2D eigenvalue weighted by Gasteiger charge is 2.36. The third kappa shape index (κ3) is 2.99. The predicted octanol–water partition coefficient (Wildman–Crippen LogP) is 2.61. The van der Waals surface area contributed by atoms with Gasteiger partial charge in [-0.15, -0.1) is 0 Å². The Labute approximate surface area is 102 Å². The second-order valence-electron chi connectivity index (χ2n) is 4.53. The summed E-state index contributed by atoms with van der Waals surface area (Å²) < 4.78 is 4.83. The Balaban J connectivity index is 2.03. The molecule has 3 nitrogen and oxygen atoms in total. The van der Waals surface area contributed by atoms with Crippen molar-refractivity contribution in [3.63, 3.8) is 0 Å². The van der Waals surface area contributed by atoms with Gasteiger partial charge >= 0.3 is 5.97 Å². The molecule has 1 fully saturated rings. The number of hydrogen-bond donors (Lipinski definition) is 1. The lowest BCUT2D eigenvalue weighted by Gasteiger charge is -2.17. The normalized spacial score (nSPS) is 16.4. The number of benzene rings is 1. The summed E-state index contributed by atoms with van der Waals surface area (Å²) in [7, 11) is 1.44. The standard InChI is InChI=1S/C14H19NO2/c1-3-10-4-8-12(9-5-10)15-13(11-6-7-11)14(16)17-2/h4-5,8-9,11,13,15H,3,6-7H2,1-2H3. The SMILES string of the molecule is CCc1ccc(NC(C(=O)OC)C2CC2)cc1. The summed E-state index contributed by atoms with van der Waals surface area (Å²) in [5, 5.41) is 3.27. The summed E-state index contributed by atoms with van der Waals surface area (Å²) in [5.74, 6) is 0.278. The molecule has 1 aliphatic rings. The third-order valence-corrected chi connectivity index (χ3v) is 3.23. The first kappa shape index (κ1) is 12.0. The number of rotatable bonds is 5. The highest BCUT2D eigenvalue weighted by molar-refractivity contribution is 5.80. The van der Waals surface area contributed by atoms with Gasteiger partial charge in [0.05, 0.1) is 7.11 Å². The van der Waals surface area contributed by atoms with Gasteiger partial charge in [-0.05, 0) is 42.9 Å². The van der Waals surface area contributed by atoms with E-state index in [0.29, 0.717) is 5.92 Å². The Kier molecular flexibility index (Phi) is 3.67. The molecule has 1 unspecified atom stereocenters. The van der Waals surface area contributed by atoms with Gasteiger partial charge in [0.1, 0.15) is 6.04 Å². The highest BCUT2D eigenvalue weighted by atomic mass is 16.5. The van der Waals surface area contributed by atoms with Gasteiger partial charge in [0, 0.05) is 5.69 Å². The molecular formula is C14H19NO2. The Morgan fingerprint density at radius 1 is 1.41 bits per heavy atom. The van der Waals surface area contributed by atoms with E-state index in [4.69, 9.17) is 4.74 Å². The average molecular weight is 233 g/mol. The van der Waals surface area contributed by atoms with Crippen LogP contribution in [-0.2, 0) is 16.0 Å². The molecule has 17 heavy (non-hydrogen) atoms. The molecule has 1 saturated carbocycles. The summed E-state index contributed by atoms with van der Waals surface area (Å²) in [5.41, 5.74) is 2.29. The number of methoxy groups -OCH3 is 1. The van der Waals surface area contributed by atoms with Crippen LogP contribution in [0.3, 0.4) is 0 Å². The lowest BCUT2D eigenvalue weighted by atomic mass is 10.1. The Morgan fingerprint density at radius 3 is 2.53 bits per heavy atom. The number of hydrogen-bond acceptors (Lipinski definition) is 3. The zero-order valence-corrected chi connectivity index (χ0v) is 10.4. The molecule has 0 heterocycles. The quantitative estimate of drug-likeness (QED) is 0.794. The molecule has 0 amide bonds. The lowest BCUT2D eigenvalue weighted by molar-refractivity contribution is -0.142. The fourth-order valence-corrected chi connectivity index (χ4v) is 1.94. The van der Waals surface area contributed by atoms with Crippen LogP contribution < -0.4 is 5.32 Å². The largest absolute Gasteiger partial charge is 0.467 e.